The first kappa shape index (κ1) is 24.7. The van der Waals surface area contributed by atoms with Gasteiger partial charge in [-0.15, -0.1) is 5.10 Å². The molecule has 0 amide bonds. The summed E-state index contributed by atoms with van der Waals surface area (Å²) >= 11 is 0. The minimum atomic E-state index is -5.51. The number of aliphatic hydroxyl groups is 1. The quantitative estimate of drug-likeness (QED) is 0.356. The fourth-order valence-corrected chi connectivity index (χ4v) is 5.88. The van der Waals surface area contributed by atoms with Gasteiger partial charge in [0.05, 0.1) is 24.1 Å². The SMILES string of the molecule is COP(=O)(O)OP(=O)(O)OP(=O)(O)OC[C@H]1O[C@@H](C)[C@@H](n2nnc(C)c2C)C1O. The van der Waals surface area contributed by atoms with Crippen LogP contribution in [-0.2, 0) is 36.1 Å². The first-order valence-electron chi connectivity index (χ1n) is 8.01. The average molecular weight is 481 g/mol. The van der Waals surface area contributed by atoms with Gasteiger partial charge in [0.25, 0.3) is 0 Å². The highest BCUT2D eigenvalue weighted by molar-refractivity contribution is 7.66. The second-order valence-electron chi connectivity index (χ2n) is 6.11. The third-order valence-corrected chi connectivity index (χ3v) is 8.33. The van der Waals surface area contributed by atoms with Crippen molar-refractivity contribution in [2.45, 2.75) is 45.1 Å². The number of rotatable bonds is 9. The number of hydrogen-bond acceptors (Lipinski definition) is 11. The molecular weight excluding hydrogens is 459 g/mol. The third kappa shape index (κ3) is 6.23. The molecule has 0 aromatic carbocycles. The maximum atomic E-state index is 11.9. The molecule has 1 fully saturated rings. The number of aromatic nitrogens is 3. The number of nitrogens with zero attached hydrogens (tertiary/aromatic N) is 3. The lowest BCUT2D eigenvalue weighted by molar-refractivity contribution is -0.0167. The van der Waals surface area contributed by atoms with Crippen LogP contribution < -0.4 is 0 Å². The van der Waals surface area contributed by atoms with Crippen molar-refractivity contribution in [3.63, 3.8) is 0 Å². The van der Waals surface area contributed by atoms with Crippen LogP contribution in [0.25, 0.3) is 0 Å². The molecule has 18 heteroatoms. The van der Waals surface area contributed by atoms with Gasteiger partial charge in [-0.3, -0.25) is 9.05 Å². The van der Waals surface area contributed by atoms with Crippen molar-refractivity contribution in [3.8, 4) is 0 Å². The van der Waals surface area contributed by atoms with Gasteiger partial charge in [0.1, 0.15) is 18.2 Å². The summed E-state index contributed by atoms with van der Waals surface area (Å²) in [5.41, 5.74) is 1.33. The van der Waals surface area contributed by atoms with Crippen molar-refractivity contribution in [1.82, 2.24) is 15.0 Å². The number of ether oxygens (including phenoxy) is 1. The highest BCUT2D eigenvalue weighted by Gasteiger charge is 2.46. The van der Waals surface area contributed by atoms with Crippen molar-refractivity contribution in [2.75, 3.05) is 13.7 Å². The molecule has 1 aliphatic rings. The lowest BCUT2D eigenvalue weighted by Gasteiger charge is -2.21. The molecule has 2 rings (SSSR count). The Kier molecular flexibility index (Phi) is 7.60. The Hall–Kier alpha value is -0.530. The number of phosphoric acid groups is 3. The Morgan fingerprint density at radius 2 is 1.69 bits per heavy atom. The van der Waals surface area contributed by atoms with Crippen molar-refractivity contribution >= 4 is 23.5 Å². The number of phosphoric ester groups is 2. The maximum absolute atomic E-state index is 11.9. The zero-order valence-corrected chi connectivity index (χ0v) is 18.4. The standard InChI is InChI=1S/C11H22N3O12P3/c1-6-7(2)14(13-12-6)10-8(3)24-9(11(10)15)5-23-28(18,19)26-29(20,21)25-27(16,17)22-4/h8-11,15H,5H2,1-4H3,(H,16,17)(H,18,19)(H,20,21)/t8-,9+,10+,11?/m0/s1. The van der Waals surface area contributed by atoms with E-state index >= 15 is 0 Å². The van der Waals surface area contributed by atoms with E-state index in [0.717, 1.165) is 0 Å². The molecule has 4 N–H and O–H groups in total. The fraction of sp³-hybridized carbons (Fsp3) is 0.818. The van der Waals surface area contributed by atoms with Gasteiger partial charge < -0.3 is 24.5 Å². The number of aryl methyl sites for hydroxylation is 1. The lowest BCUT2D eigenvalue weighted by Crippen LogP contribution is -2.33. The highest BCUT2D eigenvalue weighted by Crippen LogP contribution is 2.67. The summed E-state index contributed by atoms with van der Waals surface area (Å²) in [5, 5.41) is 18.3. The van der Waals surface area contributed by atoms with Gasteiger partial charge in [0, 0.05) is 7.11 Å². The molecule has 0 spiro atoms. The van der Waals surface area contributed by atoms with E-state index in [4.69, 9.17) is 9.63 Å². The summed E-state index contributed by atoms with van der Waals surface area (Å²) in [6.45, 7) is 4.39. The van der Waals surface area contributed by atoms with Crippen LogP contribution in [0.1, 0.15) is 24.4 Å². The van der Waals surface area contributed by atoms with Gasteiger partial charge in [-0.05, 0) is 20.8 Å². The van der Waals surface area contributed by atoms with E-state index in [1.54, 1.807) is 20.8 Å². The summed E-state index contributed by atoms with van der Waals surface area (Å²) in [4.78, 5) is 27.9. The molecule has 1 aliphatic heterocycles. The molecule has 0 saturated carbocycles. The van der Waals surface area contributed by atoms with Crippen molar-refractivity contribution in [1.29, 1.82) is 0 Å². The van der Waals surface area contributed by atoms with Crippen LogP contribution in [0.2, 0.25) is 0 Å². The second-order valence-corrected chi connectivity index (χ2v) is 10.9. The lowest BCUT2D eigenvalue weighted by atomic mass is 10.1. The molecule has 4 unspecified atom stereocenters. The van der Waals surface area contributed by atoms with Crippen LogP contribution >= 0.6 is 23.5 Å². The van der Waals surface area contributed by atoms with Crippen LogP contribution in [0.4, 0.5) is 0 Å². The van der Waals surface area contributed by atoms with Crippen molar-refractivity contribution in [2.24, 2.45) is 0 Å². The second kappa shape index (κ2) is 8.91. The van der Waals surface area contributed by atoms with Crippen molar-refractivity contribution < 1.29 is 55.9 Å². The van der Waals surface area contributed by atoms with Gasteiger partial charge in [-0.1, -0.05) is 5.21 Å². The van der Waals surface area contributed by atoms with Crippen LogP contribution in [0.5, 0.6) is 0 Å². The number of aliphatic hydroxyl groups excluding tert-OH is 1. The predicted octanol–water partition coefficient (Wildman–Crippen LogP) is 0.582. The predicted molar refractivity (Wildman–Crippen MR) is 93.5 cm³/mol. The van der Waals surface area contributed by atoms with E-state index < -0.39 is 54.4 Å². The largest absolute Gasteiger partial charge is 0.490 e. The van der Waals surface area contributed by atoms with Gasteiger partial charge >= 0.3 is 23.5 Å². The zero-order chi connectivity index (χ0) is 22.2. The Bertz CT molecular complexity index is 877. The van der Waals surface area contributed by atoms with E-state index in [-0.39, 0.29) is 0 Å². The zero-order valence-electron chi connectivity index (χ0n) is 15.8. The Labute approximate surface area is 165 Å². The first-order valence-corrected chi connectivity index (χ1v) is 12.5. The minimum absolute atomic E-state index is 0.577. The maximum Gasteiger partial charge on any atom is 0.490 e. The van der Waals surface area contributed by atoms with Gasteiger partial charge in [-0.2, -0.15) is 8.62 Å². The van der Waals surface area contributed by atoms with Gasteiger partial charge in [0.15, 0.2) is 0 Å². The number of hydrogen-bond donors (Lipinski definition) is 4. The summed E-state index contributed by atoms with van der Waals surface area (Å²) < 4.78 is 57.8. The Morgan fingerprint density at radius 1 is 1.10 bits per heavy atom. The first-order chi connectivity index (χ1) is 13.2. The minimum Gasteiger partial charge on any atom is -0.388 e. The Balaban J connectivity index is 2.02. The molecule has 1 aromatic rings. The summed E-state index contributed by atoms with van der Waals surface area (Å²) in [7, 11) is -15.1. The van der Waals surface area contributed by atoms with Crippen molar-refractivity contribution in [3.05, 3.63) is 11.4 Å². The monoisotopic (exact) mass is 481 g/mol. The van der Waals surface area contributed by atoms with E-state index in [2.05, 4.69) is 28.0 Å². The third-order valence-electron chi connectivity index (χ3n) is 4.09. The van der Waals surface area contributed by atoms with E-state index in [0.29, 0.717) is 18.5 Å². The molecule has 1 aromatic heterocycles. The van der Waals surface area contributed by atoms with E-state index in [1.807, 2.05) is 0 Å². The van der Waals surface area contributed by atoms with E-state index in [1.165, 1.54) is 4.68 Å². The average Bonchev–Trinajstić information content (AvgIpc) is 3.03. The molecule has 168 valence electrons. The molecule has 0 bridgehead atoms. The highest BCUT2D eigenvalue weighted by atomic mass is 31.3. The molecule has 1 saturated heterocycles. The summed E-state index contributed by atoms with van der Waals surface area (Å²) in [6.07, 6.45) is -2.93. The molecule has 2 heterocycles. The smallest absolute Gasteiger partial charge is 0.388 e. The molecule has 0 radical (unpaired) electrons. The summed E-state index contributed by atoms with van der Waals surface area (Å²) in [5.74, 6) is 0. The van der Waals surface area contributed by atoms with Gasteiger partial charge in [0.2, 0.25) is 0 Å². The normalized spacial score (nSPS) is 31.2. The van der Waals surface area contributed by atoms with Crippen LogP contribution in [0.3, 0.4) is 0 Å². The van der Waals surface area contributed by atoms with Crippen LogP contribution in [-0.4, -0.2) is 66.8 Å². The molecule has 29 heavy (non-hydrogen) atoms. The topological polar surface area (TPSA) is 209 Å². The fourth-order valence-electron chi connectivity index (χ4n) is 2.62. The Morgan fingerprint density at radius 3 is 2.21 bits per heavy atom. The molecule has 0 aliphatic carbocycles. The van der Waals surface area contributed by atoms with E-state index in [9.17, 15) is 28.6 Å². The summed E-state index contributed by atoms with van der Waals surface area (Å²) in [6, 6.07) is -0.668. The van der Waals surface area contributed by atoms with Crippen LogP contribution in [0, 0.1) is 13.8 Å². The molecule has 15 nitrogen and oxygen atoms in total. The molecule has 7 atom stereocenters. The van der Waals surface area contributed by atoms with Gasteiger partial charge in [-0.25, -0.2) is 18.4 Å². The van der Waals surface area contributed by atoms with Crippen LogP contribution in [0.15, 0.2) is 0 Å². The molecular formula is C11H22N3O12P3.